The summed E-state index contributed by atoms with van der Waals surface area (Å²) < 4.78 is 34.0. The minimum Gasteiger partial charge on any atom is -0.448 e. The molecule has 0 unspecified atom stereocenters. The molecule has 1 aromatic heterocycles. The number of benzene rings is 1. The fourth-order valence-electron chi connectivity index (χ4n) is 3.10. The molecular weight excluding hydrogens is 384 g/mol. The molecule has 9 heteroatoms. The van der Waals surface area contributed by atoms with Crippen LogP contribution >= 0.6 is 0 Å². The predicted molar refractivity (Wildman–Crippen MR) is 101 cm³/mol. The van der Waals surface area contributed by atoms with Gasteiger partial charge in [0.2, 0.25) is 5.89 Å². The molecule has 2 heterocycles. The van der Waals surface area contributed by atoms with E-state index in [1.165, 1.54) is 18.9 Å². The number of rotatable bonds is 5. The van der Waals surface area contributed by atoms with Gasteiger partial charge in [-0.2, -0.15) is 0 Å². The summed E-state index contributed by atoms with van der Waals surface area (Å²) in [4.78, 5) is 30.5. The van der Waals surface area contributed by atoms with E-state index in [0.717, 1.165) is 5.56 Å². The van der Waals surface area contributed by atoms with Crippen molar-refractivity contribution < 1.29 is 27.2 Å². The summed E-state index contributed by atoms with van der Waals surface area (Å²) >= 11 is 0. The van der Waals surface area contributed by atoms with Gasteiger partial charge in [0.1, 0.15) is 5.76 Å². The Balaban J connectivity index is 1.67. The monoisotopic (exact) mass is 406 g/mol. The lowest BCUT2D eigenvalue weighted by Crippen LogP contribution is -2.44. The van der Waals surface area contributed by atoms with Crippen molar-refractivity contribution in [3.63, 3.8) is 0 Å². The van der Waals surface area contributed by atoms with Crippen LogP contribution in [0.15, 0.2) is 34.7 Å². The number of aryl methyl sites for hydroxylation is 1. The van der Waals surface area contributed by atoms with E-state index in [1.54, 1.807) is 19.1 Å². The molecule has 150 valence electrons. The number of nitrogens with zero attached hydrogens (tertiary/aromatic N) is 2. The average Bonchev–Trinajstić information content (AvgIpc) is 3.23. The molecule has 1 fully saturated rings. The smallest absolute Gasteiger partial charge is 0.361 e. The lowest BCUT2D eigenvalue weighted by Gasteiger charge is -2.26. The molecule has 0 radical (unpaired) electrons. The van der Waals surface area contributed by atoms with E-state index in [2.05, 4.69) is 4.98 Å². The SMILES string of the molecule is Cc1oc(-c2ccccc2)nc1C(=O)O[C@@H](C)C(=O)N(C)[C@H]1CCS(=O)(=O)C1. The first-order chi connectivity index (χ1) is 13.2. The summed E-state index contributed by atoms with van der Waals surface area (Å²) in [6.45, 7) is 3.05. The van der Waals surface area contributed by atoms with Crippen LogP contribution in [0.3, 0.4) is 0 Å². The predicted octanol–water partition coefficient (Wildman–Crippen LogP) is 1.84. The van der Waals surface area contributed by atoms with E-state index in [0.29, 0.717) is 12.2 Å². The topological polar surface area (TPSA) is 107 Å². The second-order valence-electron chi connectivity index (χ2n) is 6.84. The molecule has 0 saturated carbocycles. The second-order valence-corrected chi connectivity index (χ2v) is 9.07. The second kappa shape index (κ2) is 7.75. The van der Waals surface area contributed by atoms with Crippen LogP contribution in [-0.4, -0.2) is 60.9 Å². The Morgan fingerprint density at radius 1 is 1.29 bits per heavy atom. The molecule has 0 spiro atoms. The van der Waals surface area contributed by atoms with Crippen LogP contribution in [0.4, 0.5) is 0 Å². The molecule has 2 aromatic rings. The highest BCUT2D eigenvalue weighted by Crippen LogP contribution is 2.23. The first-order valence-corrected chi connectivity index (χ1v) is 10.7. The average molecular weight is 406 g/mol. The number of hydrogen-bond acceptors (Lipinski definition) is 7. The van der Waals surface area contributed by atoms with Gasteiger partial charge in [-0.3, -0.25) is 4.79 Å². The summed E-state index contributed by atoms with van der Waals surface area (Å²) in [6.07, 6.45) is -0.689. The number of carbonyl (C=O) groups is 2. The highest BCUT2D eigenvalue weighted by Gasteiger charge is 2.35. The van der Waals surface area contributed by atoms with Gasteiger partial charge in [-0.25, -0.2) is 18.2 Å². The molecule has 1 amide bonds. The lowest BCUT2D eigenvalue weighted by molar-refractivity contribution is -0.140. The van der Waals surface area contributed by atoms with Crippen LogP contribution in [-0.2, 0) is 19.4 Å². The van der Waals surface area contributed by atoms with Gasteiger partial charge in [-0.1, -0.05) is 18.2 Å². The number of aromatic nitrogens is 1. The summed E-state index contributed by atoms with van der Waals surface area (Å²) in [6, 6.07) is 8.71. The van der Waals surface area contributed by atoms with Crippen LogP contribution in [0.2, 0.25) is 0 Å². The first kappa shape index (κ1) is 20.1. The van der Waals surface area contributed by atoms with Crippen LogP contribution < -0.4 is 0 Å². The van der Waals surface area contributed by atoms with Crippen molar-refractivity contribution in [2.45, 2.75) is 32.4 Å². The molecule has 0 bridgehead atoms. The van der Waals surface area contributed by atoms with Gasteiger partial charge < -0.3 is 14.1 Å². The number of carbonyl (C=O) groups excluding carboxylic acids is 2. The summed E-state index contributed by atoms with van der Waals surface area (Å²) in [5, 5.41) is 0. The quantitative estimate of drug-likeness (QED) is 0.697. The van der Waals surface area contributed by atoms with Crippen LogP contribution in [0.25, 0.3) is 11.5 Å². The van der Waals surface area contributed by atoms with Crippen molar-refractivity contribution in [3.05, 3.63) is 41.8 Å². The van der Waals surface area contributed by atoms with Crippen molar-refractivity contribution in [1.29, 1.82) is 0 Å². The van der Waals surface area contributed by atoms with Crippen LogP contribution in [0.1, 0.15) is 29.6 Å². The zero-order valence-corrected chi connectivity index (χ0v) is 16.7. The van der Waals surface area contributed by atoms with Gasteiger partial charge in [0.05, 0.1) is 11.5 Å². The van der Waals surface area contributed by atoms with E-state index < -0.39 is 33.9 Å². The molecule has 8 nitrogen and oxygen atoms in total. The molecule has 28 heavy (non-hydrogen) atoms. The number of sulfone groups is 1. The van der Waals surface area contributed by atoms with Gasteiger partial charge in [-0.05, 0) is 32.4 Å². The molecular formula is C19H22N2O6S. The van der Waals surface area contributed by atoms with Gasteiger partial charge in [0.25, 0.3) is 5.91 Å². The Morgan fingerprint density at radius 3 is 2.57 bits per heavy atom. The van der Waals surface area contributed by atoms with E-state index >= 15 is 0 Å². The number of esters is 1. The molecule has 3 rings (SSSR count). The number of amides is 1. The number of oxazole rings is 1. The van der Waals surface area contributed by atoms with Crippen LogP contribution in [0, 0.1) is 6.92 Å². The first-order valence-electron chi connectivity index (χ1n) is 8.89. The third-order valence-corrected chi connectivity index (χ3v) is 6.50. The summed E-state index contributed by atoms with van der Waals surface area (Å²) in [5.41, 5.74) is 0.723. The maximum Gasteiger partial charge on any atom is 0.361 e. The van der Waals surface area contributed by atoms with Crippen molar-refractivity contribution in [3.8, 4) is 11.5 Å². The highest BCUT2D eigenvalue weighted by molar-refractivity contribution is 7.91. The number of ether oxygens (including phenoxy) is 1. The Labute approximate surface area is 163 Å². The fraction of sp³-hybridized carbons (Fsp3) is 0.421. The fourth-order valence-corrected chi connectivity index (χ4v) is 4.88. The van der Waals surface area contributed by atoms with Gasteiger partial charge in [-0.15, -0.1) is 0 Å². The van der Waals surface area contributed by atoms with E-state index in [4.69, 9.17) is 9.15 Å². The molecule has 0 N–H and O–H groups in total. The number of hydrogen-bond donors (Lipinski definition) is 0. The van der Waals surface area contributed by atoms with Crippen LogP contribution in [0.5, 0.6) is 0 Å². The Morgan fingerprint density at radius 2 is 1.96 bits per heavy atom. The summed E-state index contributed by atoms with van der Waals surface area (Å²) in [5.74, 6) is -0.657. The molecule has 1 aliphatic rings. The molecule has 0 aliphatic carbocycles. The van der Waals surface area contributed by atoms with Gasteiger partial charge in [0.15, 0.2) is 21.6 Å². The van der Waals surface area contributed by atoms with Crippen molar-refractivity contribution >= 4 is 21.7 Å². The molecule has 1 aromatic carbocycles. The highest BCUT2D eigenvalue weighted by atomic mass is 32.2. The van der Waals surface area contributed by atoms with Crippen molar-refractivity contribution in [1.82, 2.24) is 9.88 Å². The third-order valence-electron chi connectivity index (χ3n) is 4.75. The molecule has 1 aliphatic heterocycles. The van der Waals surface area contributed by atoms with Gasteiger partial charge >= 0.3 is 5.97 Å². The molecule has 1 saturated heterocycles. The number of likely N-dealkylation sites (N-methyl/N-ethyl adjacent to an activating group) is 1. The zero-order chi connectivity index (χ0) is 20.5. The normalized spacial score (nSPS) is 19.2. The maximum absolute atomic E-state index is 12.5. The third kappa shape index (κ3) is 4.24. The largest absolute Gasteiger partial charge is 0.448 e. The Kier molecular flexibility index (Phi) is 5.55. The minimum atomic E-state index is -3.12. The standard InChI is InChI=1S/C19H22N2O6S/c1-12-16(20-17(26-12)14-7-5-4-6-8-14)19(23)27-13(2)18(22)21(3)15-9-10-28(24,25)11-15/h4-8,13,15H,9-11H2,1-3H3/t13-,15-/m0/s1. The van der Waals surface area contributed by atoms with E-state index in [-0.39, 0.29) is 23.1 Å². The summed E-state index contributed by atoms with van der Waals surface area (Å²) in [7, 11) is -1.60. The Bertz CT molecular complexity index is 983. The molecule has 2 atom stereocenters. The maximum atomic E-state index is 12.5. The van der Waals surface area contributed by atoms with E-state index in [1.807, 2.05) is 18.2 Å². The zero-order valence-electron chi connectivity index (χ0n) is 15.9. The minimum absolute atomic E-state index is 0.00426. The van der Waals surface area contributed by atoms with E-state index in [9.17, 15) is 18.0 Å². The Hall–Kier alpha value is -2.68. The van der Waals surface area contributed by atoms with Crippen molar-refractivity contribution in [2.75, 3.05) is 18.6 Å². The lowest BCUT2D eigenvalue weighted by atomic mass is 10.2. The van der Waals surface area contributed by atoms with Crippen molar-refractivity contribution in [2.24, 2.45) is 0 Å². The van der Waals surface area contributed by atoms with Gasteiger partial charge in [0, 0.05) is 18.7 Å².